The van der Waals surface area contributed by atoms with E-state index in [1.165, 1.54) is 53.5 Å². The summed E-state index contributed by atoms with van der Waals surface area (Å²) in [4.78, 5) is 0. The Labute approximate surface area is 153 Å². The van der Waals surface area contributed by atoms with Crippen molar-refractivity contribution >= 4 is 0 Å². The van der Waals surface area contributed by atoms with Gasteiger partial charge < -0.3 is 5.11 Å². The molecular weight excluding hydrogens is 304 g/mol. The highest BCUT2D eigenvalue weighted by molar-refractivity contribution is 5.47. The molecule has 1 aliphatic rings. The molecule has 1 N–H and O–H groups in total. The second-order valence-electron chi connectivity index (χ2n) is 8.14. The van der Waals surface area contributed by atoms with Gasteiger partial charge in [-0.05, 0) is 72.9 Å². The van der Waals surface area contributed by atoms with Crippen LogP contribution in [0.15, 0.2) is 36.4 Å². The van der Waals surface area contributed by atoms with E-state index in [1.54, 1.807) is 0 Å². The average molecular weight is 337 g/mol. The van der Waals surface area contributed by atoms with Gasteiger partial charge in [0.15, 0.2) is 0 Å². The second kappa shape index (κ2) is 7.23. The molecule has 1 heteroatoms. The van der Waals surface area contributed by atoms with Crippen molar-refractivity contribution in [2.75, 3.05) is 0 Å². The molecule has 2 aromatic carbocycles. The zero-order valence-electron chi connectivity index (χ0n) is 16.2. The summed E-state index contributed by atoms with van der Waals surface area (Å²) in [7, 11) is 0. The SMILES string of the molecule is CCCC(C)(c1ccc(C)c(C)c1)c1ccc(O)c(C2CCCC2)c1. The van der Waals surface area contributed by atoms with E-state index in [2.05, 4.69) is 58.0 Å². The van der Waals surface area contributed by atoms with Crippen molar-refractivity contribution in [3.63, 3.8) is 0 Å². The lowest BCUT2D eigenvalue weighted by Gasteiger charge is -2.32. The molecule has 1 saturated carbocycles. The van der Waals surface area contributed by atoms with E-state index in [0.717, 1.165) is 12.8 Å². The maximum atomic E-state index is 10.4. The molecule has 134 valence electrons. The van der Waals surface area contributed by atoms with Crippen LogP contribution in [0.25, 0.3) is 0 Å². The summed E-state index contributed by atoms with van der Waals surface area (Å²) in [5.74, 6) is 1.01. The van der Waals surface area contributed by atoms with Gasteiger partial charge in [0.05, 0.1) is 0 Å². The highest BCUT2D eigenvalue weighted by atomic mass is 16.3. The van der Waals surface area contributed by atoms with E-state index in [1.807, 2.05) is 6.07 Å². The first-order valence-corrected chi connectivity index (χ1v) is 9.87. The molecule has 0 heterocycles. The van der Waals surface area contributed by atoms with Gasteiger partial charge in [-0.25, -0.2) is 0 Å². The van der Waals surface area contributed by atoms with E-state index in [-0.39, 0.29) is 5.41 Å². The predicted octanol–water partition coefficient (Wildman–Crippen LogP) is 6.77. The first kappa shape index (κ1) is 18.0. The molecule has 0 saturated heterocycles. The van der Waals surface area contributed by atoms with Crippen LogP contribution in [0.4, 0.5) is 0 Å². The minimum atomic E-state index is -0.00569. The van der Waals surface area contributed by atoms with Gasteiger partial charge in [0.1, 0.15) is 5.75 Å². The van der Waals surface area contributed by atoms with Crippen molar-refractivity contribution in [3.05, 3.63) is 64.2 Å². The molecule has 3 rings (SSSR count). The fourth-order valence-electron chi connectivity index (χ4n) is 4.50. The third-order valence-electron chi connectivity index (χ3n) is 6.35. The second-order valence-corrected chi connectivity index (χ2v) is 8.14. The molecule has 0 amide bonds. The lowest BCUT2D eigenvalue weighted by Crippen LogP contribution is -2.24. The number of aryl methyl sites for hydroxylation is 2. The molecule has 2 aromatic rings. The minimum absolute atomic E-state index is 0.00569. The smallest absolute Gasteiger partial charge is 0.119 e. The normalized spacial score (nSPS) is 17.6. The van der Waals surface area contributed by atoms with Crippen LogP contribution >= 0.6 is 0 Å². The molecule has 1 atom stereocenters. The van der Waals surface area contributed by atoms with Crippen LogP contribution in [-0.4, -0.2) is 5.11 Å². The summed E-state index contributed by atoms with van der Waals surface area (Å²) in [5.41, 5.74) is 6.60. The van der Waals surface area contributed by atoms with E-state index < -0.39 is 0 Å². The molecule has 1 unspecified atom stereocenters. The van der Waals surface area contributed by atoms with Crippen molar-refractivity contribution in [2.45, 2.75) is 77.6 Å². The maximum absolute atomic E-state index is 10.4. The molecule has 25 heavy (non-hydrogen) atoms. The van der Waals surface area contributed by atoms with Gasteiger partial charge in [-0.2, -0.15) is 0 Å². The third-order valence-corrected chi connectivity index (χ3v) is 6.35. The number of hydrogen-bond acceptors (Lipinski definition) is 1. The monoisotopic (exact) mass is 336 g/mol. The molecule has 0 bridgehead atoms. The predicted molar refractivity (Wildman–Crippen MR) is 107 cm³/mol. The number of phenolic OH excluding ortho intramolecular Hbond substituents is 1. The molecular formula is C24H32O. The molecule has 1 nitrogen and oxygen atoms in total. The molecule has 0 spiro atoms. The van der Waals surface area contributed by atoms with Gasteiger partial charge in [-0.1, -0.05) is 63.4 Å². The number of phenols is 1. The van der Waals surface area contributed by atoms with Crippen molar-refractivity contribution in [1.82, 2.24) is 0 Å². The number of hydrogen-bond donors (Lipinski definition) is 1. The Balaban J connectivity index is 2.07. The van der Waals surface area contributed by atoms with Gasteiger partial charge in [0.25, 0.3) is 0 Å². The Hall–Kier alpha value is -1.76. The lowest BCUT2D eigenvalue weighted by atomic mass is 9.71. The van der Waals surface area contributed by atoms with Crippen LogP contribution in [0.5, 0.6) is 5.75 Å². The maximum Gasteiger partial charge on any atom is 0.119 e. The summed E-state index contributed by atoms with van der Waals surface area (Å²) < 4.78 is 0. The van der Waals surface area contributed by atoms with Crippen LogP contribution in [0.3, 0.4) is 0 Å². The Morgan fingerprint density at radius 2 is 1.60 bits per heavy atom. The Morgan fingerprint density at radius 3 is 2.24 bits per heavy atom. The summed E-state index contributed by atoms with van der Waals surface area (Å²) in [6.07, 6.45) is 7.26. The highest BCUT2D eigenvalue weighted by Gasteiger charge is 2.30. The average Bonchev–Trinajstić information content (AvgIpc) is 3.12. The third kappa shape index (κ3) is 3.47. The summed E-state index contributed by atoms with van der Waals surface area (Å²) in [6, 6.07) is 13.3. The zero-order valence-corrected chi connectivity index (χ0v) is 16.2. The van der Waals surface area contributed by atoms with Gasteiger partial charge in [-0.15, -0.1) is 0 Å². The highest BCUT2D eigenvalue weighted by Crippen LogP contribution is 2.43. The number of benzene rings is 2. The standard InChI is InChI=1S/C24H32O/c1-5-14-24(4,20-11-10-17(2)18(3)15-20)21-12-13-23(25)22(16-21)19-8-6-7-9-19/h10-13,15-16,19,25H,5-9,14H2,1-4H3. The molecule has 1 fully saturated rings. The molecule has 0 aliphatic heterocycles. The van der Waals surface area contributed by atoms with Crippen molar-refractivity contribution < 1.29 is 5.11 Å². The van der Waals surface area contributed by atoms with Gasteiger partial charge in [-0.3, -0.25) is 0 Å². The van der Waals surface area contributed by atoms with Crippen molar-refractivity contribution in [3.8, 4) is 5.75 Å². The van der Waals surface area contributed by atoms with Gasteiger partial charge in [0, 0.05) is 5.41 Å². The quantitative estimate of drug-likeness (QED) is 0.638. The Bertz CT molecular complexity index is 740. The van der Waals surface area contributed by atoms with Crippen LogP contribution in [0.2, 0.25) is 0 Å². The van der Waals surface area contributed by atoms with Crippen LogP contribution < -0.4 is 0 Å². The number of rotatable bonds is 5. The van der Waals surface area contributed by atoms with E-state index >= 15 is 0 Å². The fraction of sp³-hybridized carbons (Fsp3) is 0.500. The van der Waals surface area contributed by atoms with Crippen molar-refractivity contribution in [2.24, 2.45) is 0 Å². The van der Waals surface area contributed by atoms with E-state index in [9.17, 15) is 5.11 Å². The van der Waals surface area contributed by atoms with E-state index in [4.69, 9.17) is 0 Å². The number of aromatic hydroxyl groups is 1. The summed E-state index contributed by atoms with van der Waals surface area (Å²) in [5, 5.41) is 10.4. The topological polar surface area (TPSA) is 20.2 Å². The van der Waals surface area contributed by atoms with E-state index in [0.29, 0.717) is 11.7 Å². The molecule has 1 aliphatic carbocycles. The molecule has 0 radical (unpaired) electrons. The fourth-order valence-corrected chi connectivity index (χ4v) is 4.50. The van der Waals surface area contributed by atoms with Gasteiger partial charge in [0.2, 0.25) is 0 Å². The molecule has 0 aromatic heterocycles. The Morgan fingerprint density at radius 1 is 0.960 bits per heavy atom. The van der Waals surface area contributed by atoms with Crippen LogP contribution in [0.1, 0.15) is 86.1 Å². The minimum Gasteiger partial charge on any atom is -0.508 e. The van der Waals surface area contributed by atoms with Crippen LogP contribution in [0, 0.1) is 13.8 Å². The first-order valence-electron chi connectivity index (χ1n) is 9.87. The summed E-state index contributed by atoms with van der Waals surface area (Å²) in [6.45, 7) is 9.00. The Kier molecular flexibility index (Phi) is 5.22. The van der Waals surface area contributed by atoms with Crippen LogP contribution in [-0.2, 0) is 5.41 Å². The first-order chi connectivity index (χ1) is 12.0. The van der Waals surface area contributed by atoms with Gasteiger partial charge >= 0.3 is 0 Å². The summed E-state index contributed by atoms with van der Waals surface area (Å²) >= 11 is 0. The largest absolute Gasteiger partial charge is 0.508 e. The zero-order chi connectivity index (χ0) is 18.0. The van der Waals surface area contributed by atoms with Crippen molar-refractivity contribution in [1.29, 1.82) is 0 Å². The lowest BCUT2D eigenvalue weighted by molar-refractivity contribution is 0.457.